The van der Waals surface area contributed by atoms with Crippen molar-refractivity contribution in [3.63, 3.8) is 0 Å². The summed E-state index contributed by atoms with van der Waals surface area (Å²) in [7, 11) is 0. The molecule has 2 heterocycles. The fraction of sp³-hybridized carbons (Fsp3) is 0.667. The Hall–Kier alpha value is -1.63. The van der Waals surface area contributed by atoms with Crippen molar-refractivity contribution in [2.24, 2.45) is 0 Å². The maximum absolute atomic E-state index is 12.3. The second-order valence-electron chi connectivity index (χ2n) is 7.69. The summed E-state index contributed by atoms with van der Waals surface area (Å²) in [5.41, 5.74) is 2.02. The second kappa shape index (κ2) is 9.53. The van der Waals surface area contributed by atoms with Gasteiger partial charge < -0.3 is 19.7 Å². The average molecular weight is 376 g/mol. The third-order valence-corrected chi connectivity index (χ3v) is 5.24. The van der Waals surface area contributed by atoms with Gasteiger partial charge in [0.25, 0.3) is 0 Å². The van der Waals surface area contributed by atoms with Crippen LogP contribution in [0, 0.1) is 0 Å². The first-order chi connectivity index (χ1) is 13.0. The number of amides is 1. The minimum Gasteiger partial charge on any atom is -0.378 e. The number of likely N-dealkylation sites (tertiary alicyclic amines) is 1. The summed E-state index contributed by atoms with van der Waals surface area (Å²) in [4.78, 5) is 16.9. The monoisotopic (exact) mass is 375 g/mol. The molecular weight excluding hydrogens is 342 g/mol. The van der Waals surface area contributed by atoms with Crippen molar-refractivity contribution >= 4 is 17.3 Å². The van der Waals surface area contributed by atoms with Crippen molar-refractivity contribution in [1.82, 2.24) is 4.90 Å². The molecule has 3 rings (SSSR count). The molecule has 150 valence electrons. The SMILES string of the molecule is CCOC1CCN(CC(=O)Nc2ccc(N3C[C@@H](C)O[C@H](C)C3)cc2)CC1. The predicted octanol–water partition coefficient (Wildman–Crippen LogP) is 2.74. The van der Waals surface area contributed by atoms with Gasteiger partial charge in [-0.3, -0.25) is 9.69 Å². The van der Waals surface area contributed by atoms with Crippen molar-refractivity contribution < 1.29 is 14.3 Å². The molecule has 1 N–H and O–H groups in total. The number of carbonyl (C=O) groups is 1. The molecule has 6 nitrogen and oxygen atoms in total. The second-order valence-corrected chi connectivity index (χ2v) is 7.69. The van der Waals surface area contributed by atoms with Crippen LogP contribution < -0.4 is 10.2 Å². The molecule has 1 aromatic rings. The highest BCUT2D eigenvalue weighted by atomic mass is 16.5. The van der Waals surface area contributed by atoms with Crippen LogP contribution in [0.25, 0.3) is 0 Å². The molecule has 0 radical (unpaired) electrons. The van der Waals surface area contributed by atoms with E-state index in [4.69, 9.17) is 9.47 Å². The van der Waals surface area contributed by atoms with Crippen molar-refractivity contribution in [3.8, 4) is 0 Å². The van der Waals surface area contributed by atoms with Crippen LogP contribution in [0.4, 0.5) is 11.4 Å². The molecule has 2 saturated heterocycles. The quantitative estimate of drug-likeness (QED) is 0.829. The van der Waals surface area contributed by atoms with Gasteiger partial charge in [0.15, 0.2) is 0 Å². The number of nitrogens with one attached hydrogen (secondary N) is 1. The van der Waals surface area contributed by atoms with E-state index >= 15 is 0 Å². The Balaban J connectivity index is 1.46. The zero-order valence-corrected chi connectivity index (χ0v) is 16.8. The summed E-state index contributed by atoms with van der Waals surface area (Å²) in [6.07, 6.45) is 2.84. The number of rotatable bonds is 6. The number of anilines is 2. The summed E-state index contributed by atoms with van der Waals surface area (Å²) in [6.45, 7) is 11.1. The van der Waals surface area contributed by atoms with E-state index in [1.54, 1.807) is 0 Å². The third kappa shape index (κ3) is 5.92. The summed E-state index contributed by atoms with van der Waals surface area (Å²) in [5.74, 6) is 0.0474. The van der Waals surface area contributed by atoms with Gasteiger partial charge in [0.05, 0.1) is 24.9 Å². The van der Waals surface area contributed by atoms with Gasteiger partial charge in [-0.25, -0.2) is 0 Å². The molecule has 2 aliphatic heterocycles. The lowest BCUT2D eigenvalue weighted by Gasteiger charge is -2.36. The number of morpholine rings is 1. The molecule has 2 fully saturated rings. The van der Waals surface area contributed by atoms with E-state index in [2.05, 4.69) is 41.1 Å². The minimum atomic E-state index is 0.0474. The van der Waals surface area contributed by atoms with Gasteiger partial charge in [0.2, 0.25) is 5.91 Å². The molecule has 27 heavy (non-hydrogen) atoms. The van der Waals surface area contributed by atoms with E-state index in [1.165, 1.54) is 5.69 Å². The lowest BCUT2D eigenvalue weighted by atomic mass is 10.1. The molecule has 6 heteroatoms. The first kappa shape index (κ1) is 20.1. The molecule has 1 amide bonds. The summed E-state index contributed by atoms with van der Waals surface area (Å²) in [6, 6.07) is 8.13. The fourth-order valence-corrected chi connectivity index (χ4v) is 4.02. The number of carbonyl (C=O) groups excluding carboxylic acids is 1. The predicted molar refractivity (Wildman–Crippen MR) is 108 cm³/mol. The number of piperidine rings is 1. The van der Waals surface area contributed by atoms with Crippen LogP contribution in [-0.2, 0) is 14.3 Å². The van der Waals surface area contributed by atoms with Crippen LogP contribution in [-0.4, -0.2) is 68.4 Å². The molecule has 2 atom stereocenters. The highest BCUT2D eigenvalue weighted by molar-refractivity contribution is 5.92. The average Bonchev–Trinajstić information content (AvgIpc) is 2.63. The molecule has 1 aromatic carbocycles. The van der Waals surface area contributed by atoms with Crippen LogP contribution in [0.3, 0.4) is 0 Å². The molecule has 0 spiro atoms. The number of benzene rings is 1. The summed E-state index contributed by atoms with van der Waals surface area (Å²) < 4.78 is 11.5. The van der Waals surface area contributed by atoms with Gasteiger partial charge in [-0.1, -0.05) is 0 Å². The summed E-state index contributed by atoms with van der Waals surface area (Å²) >= 11 is 0. The Morgan fingerprint density at radius 3 is 2.37 bits per heavy atom. The lowest BCUT2D eigenvalue weighted by Crippen LogP contribution is -2.45. The van der Waals surface area contributed by atoms with Gasteiger partial charge >= 0.3 is 0 Å². The number of nitrogens with zero attached hydrogens (tertiary/aromatic N) is 2. The van der Waals surface area contributed by atoms with Crippen LogP contribution in [0.2, 0.25) is 0 Å². The van der Waals surface area contributed by atoms with Gasteiger partial charge in [-0.15, -0.1) is 0 Å². The maximum Gasteiger partial charge on any atom is 0.238 e. The third-order valence-electron chi connectivity index (χ3n) is 5.24. The minimum absolute atomic E-state index is 0.0474. The number of hydrogen-bond acceptors (Lipinski definition) is 5. The van der Waals surface area contributed by atoms with Crippen molar-refractivity contribution in [1.29, 1.82) is 0 Å². The molecule has 0 aliphatic carbocycles. The molecular formula is C21H33N3O3. The van der Waals surface area contributed by atoms with Gasteiger partial charge in [-0.05, 0) is 57.9 Å². The van der Waals surface area contributed by atoms with E-state index in [0.29, 0.717) is 12.6 Å². The van der Waals surface area contributed by atoms with E-state index < -0.39 is 0 Å². The standard InChI is InChI=1S/C21H33N3O3/c1-4-26-20-9-11-23(12-10-20)15-21(25)22-18-5-7-19(8-6-18)24-13-16(2)27-17(3)14-24/h5-8,16-17,20H,4,9-15H2,1-3H3,(H,22,25)/t16-,17-/m1/s1. The molecule has 0 unspecified atom stereocenters. The zero-order chi connectivity index (χ0) is 19.2. The maximum atomic E-state index is 12.3. The van der Waals surface area contributed by atoms with E-state index in [-0.39, 0.29) is 18.1 Å². The Morgan fingerprint density at radius 1 is 1.15 bits per heavy atom. The Labute approximate surface area is 162 Å². The normalized spacial score (nSPS) is 24.8. The smallest absolute Gasteiger partial charge is 0.238 e. The van der Waals surface area contributed by atoms with Crippen molar-refractivity contribution in [2.45, 2.75) is 51.9 Å². The Kier molecular flexibility index (Phi) is 7.10. The molecule has 2 aliphatic rings. The molecule has 0 bridgehead atoms. The van der Waals surface area contributed by atoms with E-state index in [9.17, 15) is 4.79 Å². The highest BCUT2D eigenvalue weighted by Crippen LogP contribution is 2.22. The number of ether oxygens (including phenoxy) is 2. The van der Waals surface area contributed by atoms with Crippen LogP contribution >= 0.6 is 0 Å². The first-order valence-electron chi connectivity index (χ1n) is 10.2. The highest BCUT2D eigenvalue weighted by Gasteiger charge is 2.23. The molecule has 0 saturated carbocycles. The largest absolute Gasteiger partial charge is 0.378 e. The lowest BCUT2D eigenvalue weighted by molar-refractivity contribution is -0.118. The van der Waals surface area contributed by atoms with Crippen molar-refractivity contribution in [3.05, 3.63) is 24.3 Å². The summed E-state index contributed by atoms with van der Waals surface area (Å²) in [5, 5.41) is 3.02. The van der Waals surface area contributed by atoms with Gasteiger partial charge in [0, 0.05) is 44.2 Å². The van der Waals surface area contributed by atoms with Gasteiger partial charge in [-0.2, -0.15) is 0 Å². The Morgan fingerprint density at radius 2 is 1.78 bits per heavy atom. The topological polar surface area (TPSA) is 54.0 Å². The van der Waals surface area contributed by atoms with E-state index in [1.807, 2.05) is 19.1 Å². The van der Waals surface area contributed by atoms with Crippen LogP contribution in [0.15, 0.2) is 24.3 Å². The first-order valence-corrected chi connectivity index (χ1v) is 10.2. The van der Waals surface area contributed by atoms with Crippen molar-refractivity contribution in [2.75, 3.05) is 49.5 Å². The Bertz CT molecular complexity index is 589. The van der Waals surface area contributed by atoms with Crippen LogP contribution in [0.1, 0.15) is 33.6 Å². The zero-order valence-electron chi connectivity index (χ0n) is 16.8. The van der Waals surface area contributed by atoms with Crippen LogP contribution in [0.5, 0.6) is 0 Å². The van der Waals surface area contributed by atoms with Gasteiger partial charge in [0.1, 0.15) is 0 Å². The molecule has 0 aromatic heterocycles. The van der Waals surface area contributed by atoms with E-state index in [0.717, 1.165) is 51.3 Å². The number of hydrogen-bond donors (Lipinski definition) is 1. The fourth-order valence-electron chi connectivity index (χ4n) is 4.02.